The third-order valence-electron chi connectivity index (χ3n) is 3.20. The van der Waals surface area contributed by atoms with Gasteiger partial charge < -0.3 is 9.84 Å². The average Bonchev–Trinajstić information content (AvgIpc) is 2.76. The van der Waals surface area contributed by atoms with Crippen LogP contribution in [0.25, 0.3) is 0 Å². The molecule has 1 fully saturated rings. The van der Waals surface area contributed by atoms with Gasteiger partial charge in [0.15, 0.2) is 0 Å². The maximum absolute atomic E-state index is 11.7. The summed E-state index contributed by atoms with van der Waals surface area (Å²) < 4.78 is 7.91. The molecule has 18 heavy (non-hydrogen) atoms. The highest BCUT2D eigenvalue weighted by molar-refractivity contribution is 14.1. The lowest BCUT2D eigenvalue weighted by Crippen LogP contribution is -2.33. The minimum atomic E-state index is -0.471. The van der Waals surface area contributed by atoms with E-state index >= 15 is 0 Å². The second kappa shape index (κ2) is 5.54. The molecule has 1 aliphatic rings. The Morgan fingerprint density at radius 1 is 1.61 bits per heavy atom. The van der Waals surface area contributed by atoms with Gasteiger partial charge in [-0.05, 0) is 13.3 Å². The largest absolute Gasteiger partial charge is 0.394 e. The van der Waals surface area contributed by atoms with Crippen molar-refractivity contribution in [3.8, 4) is 0 Å². The number of ether oxygens (including phenoxy) is 1. The van der Waals surface area contributed by atoms with Crippen molar-refractivity contribution in [2.45, 2.75) is 25.7 Å². The normalized spacial score (nSPS) is 27.6. The van der Waals surface area contributed by atoms with Crippen LogP contribution in [0.1, 0.15) is 18.2 Å². The van der Waals surface area contributed by atoms with Crippen molar-refractivity contribution in [2.24, 2.45) is 5.92 Å². The molecular weight excluding hydrogens is 351 g/mol. The summed E-state index contributed by atoms with van der Waals surface area (Å²) in [5.74, 6) is 0.222. The van der Waals surface area contributed by atoms with E-state index in [9.17, 15) is 14.7 Å². The van der Waals surface area contributed by atoms with E-state index in [0.717, 1.165) is 4.43 Å². The van der Waals surface area contributed by atoms with E-state index in [0.29, 0.717) is 12.0 Å². The Labute approximate surface area is 117 Å². The predicted molar refractivity (Wildman–Crippen MR) is 74.0 cm³/mol. The van der Waals surface area contributed by atoms with E-state index in [1.54, 1.807) is 6.92 Å². The second-order valence-electron chi connectivity index (χ2n) is 4.44. The van der Waals surface area contributed by atoms with Crippen molar-refractivity contribution < 1.29 is 9.84 Å². The first kappa shape index (κ1) is 13.8. The predicted octanol–water partition coefficient (Wildman–Crippen LogP) is 0.176. The fourth-order valence-corrected chi connectivity index (χ4v) is 3.04. The molecule has 0 saturated carbocycles. The number of nitrogens with one attached hydrogen (secondary N) is 1. The molecule has 2 N–H and O–H groups in total. The lowest BCUT2D eigenvalue weighted by atomic mass is 10.0. The summed E-state index contributed by atoms with van der Waals surface area (Å²) in [6.07, 6.45) is 1.52. The van der Waals surface area contributed by atoms with Gasteiger partial charge >= 0.3 is 5.69 Å². The van der Waals surface area contributed by atoms with Crippen LogP contribution in [-0.2, 0) is 4.74 Å². The Morgan fingerprint density at radius 3 is 2.89 bits per heavy atom. The minimum absolute atomic E-state index is 0.0543. The van der Waals surface area contributed by atoms with Crippen molar-refractivity contribution in [1.29, 1.82) is 0 Å². The molecule has 0 amide bonds. The zero-order valence-corrected chi connectivity index (χ0v) is 12.1. The molecule has 1 saturated heterocycles. The van der Waals surface area contributed by atoms with Crippen LogP contribution in [0.5, 0.6) is 0 Å². The van der Waals surface area contributed by atoms with Crippen molar-refractivity contribution in [3.63, 3.8) is 0 Å². The van der Waals surface area contributed by atoms with E-state index in [2.05, 4.69) is 27.6 Å². The van der Waals surface area contributed by atoms with Gasteiger partial charge in [-0.2, -0.15) is 0 Å². The number of aliphatic hydroxyl groups is 1. The molecular formula is C11H15IN2O4. The number of alkyl halides is 1. The van der Waals surface area contributed by atoms with Gasteiger partial charge in [0.1, 0.15) is 6.23 Å². The zero-order chi connectivity index (χ0) is 13.3. The number of nitrogens with zero attached hydrogens (tertiary/aromatic N) is 1. The van der Waals surface area contributed by atoms with Crippen LogP contribution in [0.15, 0.2) is 15.8 Å². The fraction of sp³-hybridized carbons (Fsp3) is 0.636. The highest BCUT2D eigenvalue weighted by Gasteiger charge is 2.35. The van der Waals surface area contributed by atoms with Crippen molar-refractivity contribution in [2.75, 3.05) is 11.0 Å². The number of hydrogen-bond acceptors (Lipinski definition) is 4. The number of hydrogen-bond donors (Lipinski definition) is 2. The molecule has 0 spiro atoms. The Hall–Kier alpha value is -0.670. The van der Waals surface area contributed by atoms with Gasteiger partial charge in [-0.1, -0.05) is 22.6 Å². The van der Waals surface area contributed by atoms with Gasteiger partial charge in [0.25, 0.3) is 5.56 Å². The number of rotatable bonds is 3. The summed E-state index contributed by atoms with van der Waals surface area (Å²) in [6, 6.07) is 0. The van der Waals surface area contributed by atoms with E-state index in [-0.39, 0.29) is 24.2 Å². The van der Waals surface area contributed by atoms with Gasteiger partial charge in [0, 0.05) is 22.1 Å². The summed E-state index contributed by atoms with van der Waals surface area (Å²) in [7, 11) is 0. The molecule has 2 rings (SSSR count). The summed E-state index contributed by atoms with van der Waals surface area (Å²) in [5, 5.41) is 9.23. The van der Waals surface area contributed by atoms with Gasteiger partial charge in [-0.15, -0.1) is 0 Å². The molecule has 100 valence electrons. The first-order valence-electron chi connectivity index (χ1n) is 5.71. The summed E-state index contributed by atoms with van der Waals surface area (Å²) >= 11 is 2.24. The zero-order valence-electron chi connectivity index (χ0n) is 9.93. The highest BCUT2D eigenvalue weighted by atomic mass is 127. The summed E-state index contributed by atoms with van der Waals surface area (Å²) in [6.45, 7) is 1.59. The van der Waals surface area contributed by atoms with Crippen LogP contribution < -0.4 is 11.2 Å². The third kappa shape index (κ3) is 2.52. The molecule has 0 radical (unpaired) electrons. The lowest BCUT2D eigenvalue weighted by molar-refractivity contribution is -0.0308. The molecule has 1 aliphatic heterocycles. The smallest absolute Gasteiger partial charge is 0.330 e. The Balaban J connectivity index is 2.31. The minimum Gasteiger partial charge on any atom is -0.394 e. The average molecular weight is 366 g/mol. The van der Waals surface area contributed by atoms with Crippen LogP contribution in [0.4, 0.5) is 0 Å². The molecule has 1 aromatic rings. The highest BCUT2D eigenvalue weighted by Crippen LogP contribution is 2.33. The molecule has 0 unspecified atom stereocenters. The van der Waals surface area contributed by atoms with E-state index in [1.807, 2.05) is 0 Å². The van der Waals surface area contributed by atoms with Crippen LogP contribution in [-0.4, -0.2) is 31.8 Å². The van der Waals surface area contributed by atoms with Crippen molar-refractivity contribution in [3.05, 3.63) is 32.6 Å². The second-order valence-corrected chi connectivity index (χ2v) is 5.32. The summed E-state index contributed by atoms with van der Waals surface area (Å²) in [5.41, 5.74) is -0.378. The maximum Gasteiger partial charge on any atom is 0.330 e. The number of aryl methyl sites for hydroxylation is 1. The Morgan fingerprint density at radius 2 is 2.33 bits per heavy atom. The van der Waals surface area contributed by atoms with Gasteiger partial charge in [0.2, 0.25) is 0 Å². The first-order chi connectivity index (χ1) is 8.56. The number of aromatic amines is 1. The van der Waals surface area contributed by atoms with Crippen molar-refractivity contribution in [1.82, 2.24) is 9.55 Å². The number of H-pyrrole nitrogens is 1. The quantitative estimate of drug-likeness (QED) is 0.591. The maximum atomic E-state index is 11.7. The molecule has 7 heteroatoms. The molecule has 6 nitrogen and oxygen atoms in total. The fourth-order valence-electron chi connectivity index (χ4n) is 2.11. The number of aliphatic hydroxyl groups excluding tert-OH is 1. The van der Waals surface area contributed by atoms with E-state index in [4.69, 9.17) is 4.74 Å². The lowest BCUT2D eigenvalue weighted by Gasteiger charge is -2.15. The number of halogens is 1. The third-order valence-corrected chi connectivity index (χ3v) is 4.33. The summed E-state index contributed by atoms with van der Waals surface area (Å²) in [4.78, 5) is 25.3. The molecule has 0 bridgehead atoms. The standard InChI is InChI=1S/C11H15IN2O4/c1-6-4-14(11(17)13-10(6)16)9-2-7(3-12)8(5-15)18-9/h4,7-9,15H,2-3,5H2,1H3,(H,13,16,17)/t7-,8-,9-/m1/s1. The van der Waals surface area contributed by atoms with Gasteiger partial charge in [-0.3, -0.25) is 14.3 Å². The van der Waals surface area contributed by atoms with Gasteiger partial charge in [0.05, 0.1) is 12.7 Å². The molecule has 3 atom stereocenters. The molecule has 1 aromatic heterocycles. The van der Waals surface area contributed by atoms with Crippen LogP contribution in [0, 0.1) is 12.8 Å². The van der Waals surface area contributed by atoms with E-state index < -0.39 is 11.9 Å². The Bertz CT molecular complexity index is 527. The SMILES string of the molecule is Cc1cn([C@H]2C[C@H](CI)[C@@H](CO)O2)c(=O)[nH]c1=O. The monoisotopic (exact) mass is 366 g/mol. The number of aromatic nitrogens is 2. The van der Waals surface area contributed by atoms with Gasteiger partial charge in [-0.25, -0.2) is 4.79 Å². The van der Waals surface area contributed by atoms with E-state index in [1.165, 1.54) is 10.8 Å². The topological polar surface area (TPSA) is 84.3 Å². The van der Waals surface area contributed by atoms with Crippen LogP contribution in [0.2, 0.25) is 0 Å². The van der Waals surface area contributed by atoms with Crippen LogP contribution in [0.3, 0.4) is 0 Å². The first-order valence-corrected chi connectivity index (χ1v) is 7.23. The van der Waals surface area contributed by atoms with Crippen LogP contribution >= 0.6 is 22.6 Å². The van der Waals surface area contributed by atoms with Crippen molar-refractivity contribution >= 4 is 22.6 Å². The molecule has 0 aliphatic carbocycles. The molecule has 0 aromatic carbocycles. The Kier molecular flexibility index (Phi) is 4.23. The molecule has 2 heterocycles.